The summed E-state index contributed by atoms with van der Waals surface area (Å²) in [4.78, 5) is 20.5. The van der Waals surface area contributed by atoms with Crippen LogP contribution in [0, 0.1) is 0 Å². The van der Waals surface area contributed by atoms with E-state index in [1.807, 2.05) is 18.2 Å². The van der Waals surface area contributed by atoms with Crippen molar-refractivity contribution >= 4 is 23.2 Å². The first kappa shape index (κ1) is 27.4. The van der Waals surface area contributed by atoms with E-state index in [9.17, 15) is 4.79 Å². The molecular weight excluding hydrogens is 424 g/mol. The van der Waals surface area contributed by atoms with Crippen LogP contribution in [-0.4, -0.2) is 22.4 Å². The standard InChI is InChI=1S/C27H44N6O/c1-2-3-4-5-6-7-8-9-10-11-12-13-14-18-21-29-25-24(28)26(31-22-30-25)32-33-27(34)23-19-16-15-17-20-23/h15-17,19-20,22H,2-14,18,21,28H2,1H3,(H,33,34)(H2,29,30,31,32). The first-order chi connectivity index (χ1) is 16.7. The first-order valence-electron chi connectivity index (χ1n) is 13.2. The van der Waals surface area contributed by atoms with Crippen LogP contribution >= 0.6 is 0 Å². The van der Waals surface area contributed by atoms with E-state index in [0.29, 0.717) is 22.9 Å². The van der Waals surface area contributed by atoms with Gasteiger partial charge in [0.1, 0.15) is 12.0 Å². The van der Waals surface area contributed by atoms with Gasteiger partial charge >= 0.3 is 0 Å². The van der Waals surface area contributed by atoms with Crippen LogP contribution in [0.25, 0.3) is 0 Å². The Morgan fingerprint density at radius 1 is 0.765 bits per heavy atom. The van der Waals surface area contributed by atoms with Gasteiger partial charge in [-0.3, -0.25) is 15.6 Å². The van der Waals surface area contributed by atoms with Crippen molar-refractivity contribution in [3.05, 3.63) is 42.2 Å². The maximum absolute atomic E-state index is 12.2. The lowest BCUT2D eigenvalue weighted by atomic mass is 10.0. The van der Waals surface area contributed by atoms with Gasteiger partial charge in [0.2, 0.25) is 0 Å². The molecule has 34 heavy (non-hydrogen) atoms. The molecule has 2 rings (SSSR count). The SMILES string of the molecule is CCCCCCCCCCCCCCCCNc1ncnc(NNC(=O)c2ccccc2)c1N. The number of unbranched alkanes of at least 4 members (excludes halogenated alkanes) is 13. The summed E-state index contributed by atoms with van der Waals surface area (Å²) >= 11 is 0. The molecule has 188 valence electrons. The molecule has 0 radical (unpaired) electrons. The van der Waals surface area contributed by atoms with E-state index >= 15 is 0 Å². The summed E-state index contributed by atoms with van der Waals surface area (Å²) in [5.74, 6) is 0.708. The number of nitrogens with zero attached hydrogens (tertiary/aromatic N) is 2. The Bertz CT molecular complexity index is 799. The molecule has 7 nitrogen and oxygen atoms in total. The smallest absolute Gasteiger partial charge is 0.269 e. The van der Waals surface area contributed by atoms with E-state index < -0.39 is 0 Å². The Labute approximate surface area is 205 Å². The van der Waals surface area contributed by atoms with Gasteiger partial charge in [0.25, 0.3) is 5.91 Å². The Hall–Kier alpha value is -2.83. The van der Waals surface area contributed by atoms with Gasteiger partial charge in [0, 0.05) is 12.1 Å². The number of carbonyl (C=O) groups excluding carboxylic acids is 1. The van der Waals surface area contributed by atoms with Crippen molar-refractivity contribution in [2.24, 2.45) is 0 Å². The van der Waals surface area contributed by atoms with Crippen molar-refractivity contribution in [2.75, 3.05) is 23.0 Å². The Balaban J connectivity index is 1.51. The highest BCUT2D eigenvalue weighted by Gasteiger charge is 2.09. The molecular formula is C27H44N6O. The summed E-state index contributed by atoms with van der Waals surface area (Å²) in [5.41, 5.74) is 12.5. The van der Waals surface area contributed by atoms with Gasteiger partial charge in [-0.25, -0.2) is 9.97 Å². The van der Waals surface area contributed by atoms with Crippen molar-refractivity contribution in [1.82, 2.24) is 15.4 Å². The second-order valence-corrected chi connectivity index (χ2v) is 8.95. The molecule has 5 N–H and O–H groups in total. The highest BCUT2D eigenvalue weighted by atomic mass is 16.2. The molecule has 0 saturated heterocycles. The van der Waals surface area contributed by atoms with Gasteiger partial charge in [-0.2, -0.15) is 0 Å². The van der Waals surface area contributed by atoms with Gasteiger partial charge in [0.15, 0.2) is 11.6 Å². The topological polar surface area (TPSA) is 105 Å². The third kappa shape index (κ3) is 11.3. The van der Waals surface area contributed by atoms with E-state index in [2.05, 4.69) is 33.1 Å². The Kier molecular flexibility index (Phi) is 14.2. The third-order valence-corrected chi connectivity index (χ3v) is 6.04. The molecule has 0 aliphatic carbocycles. The van der Waals surface area contributed by atoms with Crippen LogP contribution in [0.1, 0.15) is 107 Å². The van der Waals surface area contributed by atoms with Crippen LogP contribution in [0.4, 0.5) is 17.3 Å². The highest BCUT2D eigenvalue weighted by molar-refractivity contribution is 5.95. The maximum atomic E-state index is 12.2. The molecule has 0 spiro atoms. The number of benzene rings is 1. The second-order valence-electron chi connectivity index (χ2n) is 8.95. The van der Waals surface area contributed by atoms with E-state index in [0.717, 1.165) is 13.0 Å². The highest BCUT2D eigenvalue weighted by Crippen LogP contribution is 2.22. The number of hydrazine groups is 1. The molecule has 1 aromatic heterocycles. The lowest BCUT2D eigenvalue weighted by Crippen LogP contribution is -2.30. The van der Waals surface area contributed by atoms with Crippen molar-refractivity contribution in [1.29, 1.82) is 0 Å². The monoisotopic (exact) mass is 468 g/mol. The minimum absolute atomic E-state index is 0.254. The molecule has 0 atom stereocenters. The molecule has 0 aliphatic heterocycles. The van der Waals surface area contributed by atoms with Gasteiger partial charge in [0.05, 0.1) is 0 Å². The lowest BCUT2D eigenvalue weighted by molar-refractivity contribution is 0.0962. The van der Waals surface area contributed by atoms with Gasteiger partial charge in [-0.15, -0.1) is 0 Å². The molecule has 0 fully saturated rings. The number of aromatic nitrogens is 2. The molecule has 1 aromatic carbocycles. The van der Waals surface area contributed by atoms with Gasteiger partial charge in [-0.1, -0.05) is 109 Å². The Morgan fingerprint density at radius 3 is 1.88 bits per heavy atom. The number of amides is 1. The molecule has 2 aromatic rings. The van der Waals surface area contributed by atoms with Crippen molar-refractivity contribution < 1.29 is 4.79 Å². The zero-order valence-electron chi connectivity index (χ0n) is 21.0. The first-order valence-corrected chi connectivity index (χ1v) is 13.2. The average Bonchev–Trinajstić information content (AvgIpc) is 2.87. The normalized spacial score (nSPS) is 10.7. The zero-order chi connectivity index (χ0) is 24.3. The fraction of sp³-hybridized carbons (Fsp3) is 0.593. The summed E-state index contributed by atoms with van der Waals surface area (Å²) in [6.45, 7) is 3.09. The van der Waals surface area contributed by atoms with Gasteiger partial charge in [-0.05, 0) is 18.6 Å². The number of rotatable bonds is 19. The van der Waals surface area contributed by atoms with E-state index in [4.69, 9.17) is 5.73 Å². The summed E-state index contributed by atoms with van der Waals surface area (Å²) < 4.78 is 0. The summed E-state index contributed by atoms with van der Waals surface area (Å²) in [5, 5.41) is 3.29. The summed E-state index contributed by atoms with van der Waals surface area (Å²) in [7, 11) is 0. The minimum atomic E-state index is -0.254. The van der Waals surface area contributed by atoms with Crippen LogP contribution < -0.4 is 21.9 Å². The third-order valence-electron chi connectivity index (χ3n) is 6.04. The van der Waals surface area contributed by atoms with Crippen molar-refractivity contribution in [3.8, 4) is 0 Å². The van der Waals surface area contributed by atoms with Crippen LogP contribution in [0.3, 0.4) is 0 Å². The van der Waals surface area contributed by atoms with E-state index in [1.54, 1.807) is 12.1 Å². The Morgan fingerprint density at radius 2 is 1.29 bits per heavy atom. The number of anilines is 3. The number of hydrogen-bond acceptors (Lipinski definition) is 6. The van der Waals surface area contributed by atoms with Crippen molar-refractivity contribution in [3.63, 3.8) is 0 Å². The number of nitrogen functional groups attached to an aromatic ring is 1. The van der Waals surface area contributed by atoms with Crippen LogP contribution in [0.15, 0.2) is 36.7 Å². The molecule has 0 bridgehead atoms. The zero-order valence-corrected chi connectivity index (χ0v) is 21.0. The molecule has 0 unspecified atom stereocenters. The predicted octanol–water partition coefficient (Wildman–Crippen LogP) is 6.71. The maximum Gasteiger partial charge on any atom is 0.269 e. The average molecular weight is 469 g/mol. The number of nitrogens with one attached hydrogen (secondary N) is 3. The largest absolute Gasteiger partial charge is 0.393 e. The molecule has 0 saturated carbocycles. The quantitative estimate of drug-likeness (QED) is 0.135. The molecule has 1 amide bonds. The minimum Gasteiger partial charge on any atom is -0.393 e. The fourth-order valence-electron chi connectivity index (χ4n) is 3.94. The lowest BCUT2D eigenvalue weighted by Gasteiger charge is -2.13. The summed E-state index contributed by atoms with van der Waals surface area (Å²) in [6, 6.07) is 8.97. The number of hydrogen-bond donors (Lipinski definition) is 4. The fourth-order valence-corrected chi connectivity index (χ4v) is 3.94. The van der Waals surface area contributed by atoms with Crippen LogP contribution in [-0.2, 0) is 0 Å². The molecule has 0 aliphatic rings. The van der Waals surface area contributed by atoms with Crippen LogP contribution in [0.2, 0.25) is 0 Å². The van der Waals surface area contributed by atoms with E-state index in [1.165, 1.54) is 89.8 Å². The van der Waals surface area contributed by atoms with Crippen molar-refractivity contribution in [2.45, 2.75) is 96.8 Å². The summed E-state index contributed by atoms with van der Waals surface area (Å²) in [6.07, 6.45) is 20.2. The van der Waals surface area contributed by atoms with Crippen LogP contribution in [0.5, 0.6) is 0 Å². The number of nitrogens with two attached hydrogens (primary N) is 1. The van der Waals surface area contributed by atoms with Gasteiger partial charge < -0.3 is 11.1 Å². The molecule has 7 heteroatoms. The van der Waals surface area contributed by atoms with E-state index in [-0.39, 0.29) is 5.91 Å². The number of carbonyl (C=O) groups is 1. The molecule has 1 heterocycles. The second kappa shape index (κ2) is 17.6. The predicted molar refractivity (Wildman–Crippen MR) is 143 cm³/mol.